The average molecular weight is 363 g/mol. The van der Waals surface area contributed by atoms with E-state index in [-0.39, 0.29) is 17.4 Å². The first-order valence-electron chi connectivity index (χ1n) is 9.09. The first-order valence-corrected chi connectivity index (χ1v) is 9.09. The minimum absolute atomic E-state index is 0.0202. The van der Waals surface area contributed by atoms with E-state index in [1.807, 2.05) is 46.1 Å². The van der Waals surface area contributed by atoms with Gasteiger partial charge in [0.2, 0.25) is 0 Å². The van der Waals surface area contributed by atoms with E-state index in [0.717, 1.165) is 30.6 Å². The van der Waals surface area contributed by atoms with Gasteiger partial charge in [0.25, 0.3) is 11.5 Å². The van der Waals surface area contributed by atoms with Gasteiger partial charge in [0.1, 0.15) is 0 Å². The van der Waals surface area contributed by atoms with Crippen LogP contribution in [0.4, 0.5) is 0 Å². The summed E-state index contributed by atoms with van der Waals surface area (Å²) in [7, 11) is 0. The number of nitrogens with one attached hydrogen (secondary N) is 1. The maximum Gasteiger partial charge on any atom is 0.253 e. The maximum absolute atomic E-state index is 13.0. The van der Waals surface area contributed by atoms with Crippen LogP contribution in [0.5, 0.6) is 0 Å². The van der Waals surface area contributed by atoms with Crippen molar-refractivity contribution in [2.24, 2.45) is 0 Å². The van der Waals surface area contributed by atoms with Gasteiger partial charge >= 0.3 is 0 Å². The highest BCUT2D eigenvalue weighted by Gasteiger charge is 2.26. The lowest BCUT2D eigenvalue weighted by Crippen LogP contribution is -2.39. The molecule has 1 fully saturated rings. The summed E-state index contributed by atoms with van der Waals surface area (Å²) in [6, 6.07) is 11.1. The molecule has 0 aliphatic carbocycles. The Morgan fingerprint density at radius 1 is 1.26 bits per heavy atom. The Morgan fingerprint density at radius 2 is 2.19 bits per heavy atom. The van der Waals surface area contributed by atoms with Crippen molar-refractivity contribution in [3.63, 3.8) is 0 Å². The molecule has 0 bridgehead atoms. The van der Waals surface area contributed by atoms with Gasteiger partial charge in [-0.3, -0.25) is 14.3 Å². The molecule has 1 saturated heterocycles. The largest absolute Gasteiger partial charge is 0.338 e. The highest BCUT2D eigenvalue weighted by atomic mass is 16.2. The molecule has 2 aromatic heterocycles. The number of carbonyl (C=O) groups excluding carboxylic acids is 1. The van der Waals surface area contributed by atoms with Gasteiger partial charge in [-0.15, -0.1) is 0 Å². The predicted molar refractivity (Wildman–Crippen MR) is 101 cm³/mol. The Kier molecular flexibility index (Phi) is 4.82. The number of hydrogen-bond acceptors (Lipinski definition) is 4. The zero-order valence-corrected chi connectivity index (χ0v) is 14.9. The van der Waals surface area contributed by atoms with Crippen molar-refractivity contribution in [3.8, 4) is 0 Å². The molecule has 3 heterocycles. The van der Waals surface area contributed by atoms with Crippen LogP contribution in [-0.4, -0.2) is 43.6 Å². The molecule has 1 atom stereocenters. The first-order chi connectivity index (χ1) is 13.2. The predicted octanol–water partition coefficient (Wildman–Crippen LogP) is 2.03. The third-order valence-electron chi connectivity index (χ3n) is 4.90. The SMILES string of the molecule is O=C(c1cccc(Cn2cccn2)c1)N1CCCC(c2cc(=O)[nH]cn2)C1. The van der Waals surface area contributed by atoms with Crippen LogP contribution < -0.4 is 5.56 Å². The van der Waals surface area contributed by atoms with Crippen molar-refractivity contribution in [1.82, 2.24) is 24.6 Å². The second-order valence-electron chi connectivity index (χ2n) is 6.83. The monoisotopic (exact) mass is 363 g/mol. The number of hydrogen-bond donors (Lipinski definition) is 1. The van der Waals surface area contributed by atoms with E-state index in [4.69, 9.17) is 0 Å². The summed E-state index contributed by atoms with van der Waals surface area (Å²) in [5, 5.41) is 4.21. The van der Waals surface area contributed by atoms with E-state index < -0.39 is 0 Å². The van der Waals surface area contributed by atoms with E-state index in [9.17, 15) is 9.59 Å². The van der Waals surface area contributed by atoms with Gasteiger partial charge in [-0.1, -0.05) is 12.1 Å². The summed E-state index contributed by atoms with van der Waals surface area (Å²) in [6.45, 7) is 1.94. The normalized spacial score (nSPS) is 17.0. The highest BCUT2D eigenvalue weighted by Crippen LogP contribution is 2.25. The molecule has 0 radical (unpaired) electrons. The van der Waals surface area contributed by atoms with Crippen molar-refractivity contribution in [1.29, 1.82) is 0 Å². The lowest BCUT2D eigenvalue weighted by molar-refractivity contribution is 0.0705. The van der Waals surface area contributed by atoms with Crippen LogP contribution in [-0.2, 0) is 6.54 Å². The van der Waals surface area contributed by atoms with Crippen LogP contribution in [0.1, 0.15) is 40.4 Å². The Morgan fingerprint density at radius 3 is 3.00 bits per heavy atom. The maximum atomic E-state index is 13.0. The number of H-pyrrole nitrogens is 1. The fourth-order valence-corrected chi connectivity index (χ4v) is 3.58. The highest BCUT2D eigenvalue weighted by molar-refractivity contribution is 5.94. The van der Waals surface area contributed by atoms with Crippen molar-refractivity contribution in [2.45, 2.75) is 25.3 Å². The van der Waals surface area contributed by atoms with Crippen LogP contribution in [0.15, 0.2) is 59.9 Å². The zero-order valence-electron chi connectivity index (χ0n) is 14.9. The molecule has 1 aliphatic heterocycles. The minimum atomic E-state index is -0.158. The fourth-order valence-electron chi connectivity index (χ4n) is 3.58. The number of carbonyl (C=O) groups is 1. The van der Waals surface area contributed by atoms with Gasteiger partial charge in [-0.2, -0.15) is 5.10 Å². The molecule has 3 aromatic rings. The third kappa shape index (κ3) is 3.97. The smallest absolute Gasteiger partial charge is 0.253 e. The second-order valence-corrected chi connectivity index (χ2v) is 6.83. The lowest BCUT2D eigenvalue weighted by Gasteiger charge is -2.32. The number of amides is 1. The lowest BCUT2D eigenvalue weighted by atomic mass is 9.94. The van der Waals surface area contributed by atoms with E-state index >= 15 is 0 Å². The summed E-state index contributed by atoms with van der Waals surface area (Å²) < 4.78 is 1.83. The quantitative estimate of drug-likeness (QED) is 0.769. The third-order valence-corrected chi connectivity index (χ3v) is 4.90. The van der Waals surface area contributed by atoms with E-state index in [2.05, 4.69) is 15.1 Å². The summed E-state index contributed by atoms with van der Waals surface area (Å²) in [4.78, 5) is 33.3. The molecule has 0 saturated carbocycles. The molecule has 7 nitrogen and oxygen atoms in total. The molecule has 27 heavy (non-hydrogen) atoms. The summed E-state index contributed by atoms with van der Waals surface area (Å²) in [5.41, 5.74) is 2.31. The number of rotatable bonds is 4. The molecule has 1 aromatic carbocycles. The summed E-state index contributed by atoms with van der Waals surface area (Å²) >= 11 is 0. The van der Waals surface area contributed by atoms with Gasteiger partial charge < -0.3 is 9.88 Å². The van der Waals surface area contributed by atoms with Crippen LogP contribution in [0.25, 0.3) is 0 Å². The zero-order chi connectivity index (χ0) is 18.6. The fraction of sp³-hybridized carbons (Fsp3) is 0.300. The van der Waals surface area contributed by atoms with Crippen molar-refractivity contribution in [3.05, 3.63) is 82.3 Å². The minimum Gasteiger partial charge on any atom is -0.338 e. The number of aromatic nitrogens is 4. The molecule has 0 spiro atoms. The van der Waals surface area contributed by atoms with Crippen LogP contribution in [0.3, 0.4) is 0 Å². The molecule has 7 heteroatoms. The van der Waals surface area contributed by atoms with Gasteiger partial charge in [-0.05, 0) is 36.6 Å². The summed E-state index contributed by atoms with van der Waals surface area (Å²) in [5.74, 6) is 0.115. The van der Waals surface area contributed by atoms with E-state index in [0.29, 0.717) is 18.7 Å². The number of nitrogens with zero attached hydrogens (tertiary/aromatic N) is 4. The van der Waals surface area contributed by atoms with Gasteiger partial charge in [-0.25, -0.2) is 4.98 Å². The number of piperidine rings is 1. The molecule has 1 N–H and O–H groups in total. The van der Waals surface area contributed by atoms with Gasteiger partial charge in [0.05, 0.1) is 18.6 Å². The van der Waals surface area contributed by atoms with Gasteiger partial charge in [0.15, 0.2) is 0 Å². The Bertz CT molecular complexity index is 980. The Labute approximate surface area is 156 Å². The van der Waals surface area contributed by atoms with Crippen LogP contribution in [0.2, 0.25) is 0 Å². The summed E-state index contributed by atoms with van der Waals surface area (Å²) in [6.07, 6.45) is 6.90. The topological polar surface area (TPSA) is 83.9 Å². The van der Waals surface area contributed by atoms with Crippen LogP contribution in [0, 0.1) is 0 Å². The number of aromatic amines is 1. The Hall–Kier alpha value is -3.22. The van der Waals surface area contributed by atoms with Crippen molar-refractivity contribution >= 4 is 5.91 Å². The molecule has 138 valence electrons. The van der Waals surface area contributed by atoms with Gasteiger partial charge in [0, 0.05) is 43.0 Å². The van der Waals surface area contributed by atoms with E-state index in [1.54, 1.807) is 6.20 Å². The van der Waals surface area contributed by atoms with Crippen molar-refractivity contribution < 1.29 is 4.79 Å². The molecular formula is C20H21N5O2. The molecule has 1 unspecified atom stereocenters. The molecule has 4 rings (SSSR count). The Balaban J connectivity index is 1.49. The molecule has 1 aliphatic rings. The van der Waals surface area contributed by atoms with Crippen molar-refractivity contribution in [2.75, 3.05) is 13.1 Å². The number of benzene rings is 1. The molecular weight excluding hydrogens is 342 g/mol. The number of likely N-dealkylation sites (tertiary alicyclic amines) is 1. The van der Waals surface area contributed by atoms with Crippen LogP contribution >= 0.6 is 0 Å². The van der Waals surface area contributed by atoms with E-state index in [1.165, 1.54) is 12.4 Å². The molecule has 1 amide bonds. The average Bonchev–Trinajstić information content (AvgIpc) is 3.21. The first kappa shape index (κ1) is 17.2. The second kappa shape index (κ2) is 7.57. The standard InChI is InChI=1S/C20H21N5O2/c26-19-11-18(21-14-22-19)17-6-2-8-24(13-17)20(27)16-5-1-4-15(10-16)12-25-9-3-7-23-25/h1,3-5,7,9-11,14,17H,2,6,8,12-13H2,(H,21,22,26).